The van der Waals surface area contributed by atoms with Gasteiger partial charge in [-0.15, -0.1) is 0 Å². The van der Waals surface area contributed by atoms with Crippen LogP contribution in [0.2, 0.25) is 0 Å². The lowest BCUT2D eigenvalue weighted by Gasteiger charge is -2.34. The first-order valence-corrected chi connectivity index (χ1v) is 5.94. The van der Waals surface area contributed by atoms with E-state index in [9.17, 15) is 9.59 Å². The maximum atomic E-state index is 12.0. The maximum absolute atomic E-state index is 12.0. The van der Waals surface area contributed by atoms with Crippen LogP contribution in [0.1, 0.15) is 19.8 Å². The van der Waals surface area contributed by atoms with Crippen LogP contribution in [0.4, 0.5) is 0 Å². The molecule has 0 aromatic carbocycles. The van der Waals surface area contributed by atoms with Crippen LogP contribution >= 0.6 is 0 Å². The normalized spacial score (nSPS) is 35.3. The molecule has 0 aromatic heterocycles. The Kier molecular flexibility index (Phi) is 3.33. The van der Waals surface area contributed by atoms with Gasteiger partial charge in [0.05, 0.1) is 18.9 Å². The number of carbonyl (C=O) groups is 2. The van der Waals surface area contributed by atoms with E-state index in [0.717, 1.165) is 12.8 Å². The summed E-state index contributed by atoms with van der Waals surface area (Å²) in [5.74, 6) is 4.54. The fourth-order valence-corrected chi connectivity index (χ4v) is 2.75. The van der Waals surface area contributed by atoms with Crippen molar-refractivity contribution in [1.29, 1.82) is 0 Å². The highest BCUT2D eigenvalue weighted by Crippen LogP contribution is 2.38. The van der Waals surface area contributed by atoms with Crippen LogP contribution in [0.25, 0.3) is 0 Å². The summed E-state index contributed by atoms with van der Waals surface area (Å²) < 4.78 is 4.83. The summed E-state index contributed by atoms with van der Waals surface area (Å²) >= 11 is 0. The molecule has 0 heterocycles. The fraction of sp³-hybridized carbons (Fsp3) is 0.571. The third-order valence-corrected chi connectivity index (χ3v) is 3.67. The van der Waals surface area contributed by atoms with Crippen LogP contribution in [0.3, 0.4) is 0 Å². The third-order valence-electron chi connectivity index (χ3n) is 3.67. The zero-order valence-corrected chi connectivity index (χ0v) is 10.1. The molecule has 0 aliphatic heterocycles. The van der Waals surface area contributed by atoms with Gasteiger partial charge in [-0.2, -0.15) is 0 Å². The Morgan fingerprint density at radius 3 is 2.94 bits per heavy atom. The minimum atomic E-state index is -0.380. The minimum Gasteiger partial charge on any atom is -0.469 e. The zero-order chi connectivity index (χ0) is 12.4. The molecule has 3 heteroatoms. The molecule has 0 aromatic rings. The average molecular weight is 232 g/mol. The number of hydrogen-bond acceptors (Lipinski definition) is 3. The van der Waals surface area contributed by atoms with Gasteiger partial charge in [-0.1, -0.05) is 25.0 Å². The SMILES string of the molecule is COC(=O)[C@H]1[C@@H]2C(=O)C#CCC[C@H]2C=C[C@H]1C. The summed E-state index contributed by atoms with van der Waals surface area (Å²) in [5.41, 5.74) is 0. The Labute approximate surface area is 101 Å². The summed E-state index contributed by atoms with van der Waals surface area (Å²) in [7, 11) is 1.37. The molecule has 3 nitrogen and oxygen atoms in total. The van der Waals surface area contributed by atoms with E-state index in [2.05, 4.69) is 17.9 Å². The molecule has 2 rings (SSSR count). The van der Waals surface area contributed by atoms with E-state index in [1.54, 1.807) is 0 Å². The van der Waals surface area contributed by atoms with E-state index in [-0.39, 0.29) is 35.4 Å². The number of ketones is 1. The van der Waals surface area contributed by atoms with Crippen molar-refractivity contribution in [2.75, 3.05) is 7.11 Å². The van der Waals surface area contributed by atoms with Gasteiger partial charge in [0.15, 0.2) is 0 Å². The number of allylic oxidation sites excluding steroid dienone is 2. The molecule has 0 saturated carbocycles. The summed E-state index contributed by atoms with van der Waals surface area (Å²) in [6, 6.07) is 0. The molecule has 0 radical (unpaired) electrons. The molecular formula is C14H16O3. The van der Waals surface area contributed by atoms with Gasteiger partial charge in [-0.3, -0.25) is 9.59 Å². The van der Waals surface area contributed by atoms with Crippen molar-refractivity contribution < 1.29 is 14.3 Å². The van der Waals surface area contributed by atoms with Crippen molar-refractivity contribution in [3.05, 3.63) is 12.2 Å². The Morgan fingerprint density at radius 2 is 2.24 bits per heavy atom. The van der Waals surface area contributed by atoms with E-state index in [1.165, 1.54) is 7.11 Å². The molecule has 90 valence electrons. The average Bonchev–Trinajstić information content (AvgIpc) is 2.51. The summed E-state index contributed by atoms with van der Waals surface area (Å²) in [6.07, 6.45) is 5.64. The predicted molar refractivity (Wildman–Crippen MR) is 62.8 cm³/mol. The van der Waals surface area contributed by atoms with Crippen molar-refractivity contribution in [3.8, 4) is 11.8 Å². The van der Waals surface area contributed by atoms with E-state index in [0.29, 0.717) is 0 Å². The van der Waals surface area contributed by atoms with E-state index in [1.807, 2.05) is 13.0 Å². The van der Waals surface area contributed by atoms with Gasteiger partial charge in [0, 0.05) is 6.42 Å². The molecule has 4 atom stereocenters. The number of ether oxygens (including phenoxy) is 1. The Hall–Kier alpha value is -1.56. The van der Waals surface area contributed by atoms with Crippen LogP contribution in [0.15, 0.2) is 12.2 Å². The van der Waals surface area contributed by atoms with Crippen LogP contribution in [-0.2, 0) is 14.3 Å². The van der Waals surface area contributed by atoms with Crippen LogP contribution in [0.5, 0.6) is 0 Å². The predicted octanol–water partition coefficient (Wildman–Crippen LogP) is 1.58. The molecule has 0 bridgehead atoms. The van der Waals surface area contributed by atoms with Crippen molar-refractivity contribution in [2.24, 2.45) is 23.7 Å². The number of esters is 1. The van der Waals surface area contributed by atoms with Crippen molar-refractivity contribution in [3.63, 3.8) is 0 Å². The Bertz CT molecular complexity index is 424. The van der Waals surface area contributed by atoms with Gasteiger partial charge in [0.25, 0.3) is 0 Å². The monoisotopic (exact) mass is 232 g/mol. The third kappa shape index (κ3) is 2.12. The number of hydrogen-bond donors (Lipinski definition) is 0. The Morgan fingerprint density at radius 1 is 1.47 bits per heavy atom. The van der Waals surface area contributed by atoms with Crippen molar-refractivity contribution in [1.82, 2.24) is 0 Å². The summed E-state index contributed by atoms with van der Waals surface area (Å²) in [5, 5.41) is 0. The first-order chi connectivity index (χ1) is 8.15. The van der Waals surface area contributed by atoms with Gasteiger partial charge in [0.2, 0.25) is 5.78 Å². The largest absolute Gasteiger partial charge is 0.469 e. The molecule has 0 fully saturated rings. The number of rotatable bonds is 1. The van der Waals surface area contributed by atoms with Gasteiger partial charge >= 0.3 is 5.97 Å². The molecule has 0 amide bonds. The molecule has 0 saturated heterocycles. The molecule has 0 N–H and O–H groups in total. The van der Waals surface area contributed by atoms with E-state index >= 15 is 0 Å². The lowest BCUT2D eigenvalue weighted by Crippen LogP contribution is -2.40. The summed E-state index contributed by atoms with van der Waals surface area (Å²) in [6.45, 7) is 1.94. The standard InChI is InChI=1S/C14H16O3/c1-9-7-8-10-5-3-4-6-11(15)13(10)12(9)14(16)17-2/h7-10,12-13H,3,5H2,1-2H3/t9-,10+,12-,13+/m1/s1. The van der Waals surface area contributed by atoms with Crippen molar-refractivity contribution in [2.45, 2.75) is 19.8 Å². The number of fused-ring (bicyclic) bond motifs is 1. The maximum Gasteiger partial charge on any atom is 0.310 e. The molecular weight excluding hydrogens is 216 g/mol. The van der Waals surface area contributed by atoms with Gasteiger partial charge in [-0.05, 0) is 24.2 Å². The molecule has 0 spiro atoms. The second-order valence-corrected chi connectivity index (χ2v) is 4.69. The highest BCUT2D eigenvalue weighted by molar-refractivity contribution is 6.00. The Balaban J connectivity index is 2.36. The summed E-state index contributed by atoms with van der Waals surface area (Å²) in [4.78, 5) is 23.8. The van der Waals surface area contributed by atoms with Crippen LogP contribution in [-0.4, -0.2) is 18.9 Å². The first-order valence-electron chi connectivity index (χ1n) is 5.94. The first kappa shape index (κ1) is 11.9. The molecule has 2 aliphatic carbocycles. The van der Waals surface area contributed by atoms with Crippen LogP contribution < -0.4 is 0 Å². The van der Waals surface area contributed by atoms with Gasteiger partial charge in [-0.25, -0.2) is 0 Å². The fourth-order valence-electron chi connectivity index (χ4n) is 2.75. The lowest BCUT2D eigenvalue weighted by atomic mass is 9.68. The highest BCUT2D eigenvalue weighted by Gasteiger charge is 2.43. The van der Waals surface area contributed by atoms with Crippen LogP contribution in [0, 0.1) is 35.5 Å². The van der Waals surface area contributed by atoms with E-state index in [4.69, 9.17) is 4.74 Å². The van der Waals surface area contributed by atoms with E-state index < -0.39 is 0 Å². The lowest BCUT2D eigenvalue weighted by molar-refractivity contribution is -0.152. The topological polar surface area (TPSA) is 43.4 Å². The second-order valence-electron chi connectivity index (χ2n) is 4.69. The second kappa shape index (κ2) is 4.75. The zero-order valence-electron chi connectivity index (χ0n) is 10.1. The minimum absolute atomic E-state index is 0.0348. The number of carbonyl (C=O) groups excluding carboxylic acids is 2. The van der Waals surface area contributed by atoms with Crippen molar-refractivity contribution >= 4 is 11.8 Å². The van der Waals surface area contributed by atoms with Gasteiger partial charge in [0.1, 0.15) is 0 Å². The molecule has 17 heavy (non-hydrogen) atoms. The molecule has 0 unspecified atom stereocenters. The van der Waals surface area contributed by atoms with Gasteiger partial charge < -0.3 is 4.74 Å². The highest BCUT2D eigenvalue weighted by atomic mass is 16.5. The quantitative estimate of drug-likeness (QED) is 0.298. The smallest absolute Gasteiger partial charge is 0.310 e. The number of Topliss-reactive ketones (excluding diaryl/α,β-unsaturated/α-hetero) is 1. The number of methoxy groups -OCH3 is 1. The molecule has 2 aliphatic rings.